The van der Waals surface area contributed by atoms with Gasteiger partial charge in [-0.15, -0.1) is 0 Å². The average Bonchev–Trinajstić information content (AvgIpc) is 3.33. The third kappa shape index (κ3) is 5.11. The van der Waals surface area contributed by atoms with Gasteiger partial charge in [0.15, 0.2) is 5.58 Å². The van der Waals surface area contributed by atoms with Crippen molar-refractivity contribution in [3.05, 3.63) is 23.9 Å². The Kier molecular flexibility index (Phi) is 6.30. The smallest absolute Gasteiger partial charge is 0.405 e. The van der Waals surface area contributed by atoms with E-state index in [2.05, 4.69) is 30.9 Å². The molecule has 0 unspecified atom stereocenters. The normalized spacial score (nSPS) is 20.9. The molecule has 12 heteroatoms. The molecule has 3 aromatic rings. The van der Waals surface area contributed by atoms with Crippen molar-refractivity contribution in [2.45, 2.75) is 38.1 Å². The van der Waals surface area contributed by atoms with E-state index in [9.17, 15) is 23.4 Å². The number of aryl methyl sites for hydroxylation is 1. The van der Waals surface area contributed by atoms with Crippen LogP contribution in [0.5, 0.6) is 0 Å². The van der Waals surface area contributed by atoms with E-state index in [1.165, 1.54) is 0 Å². The van der Waals surface area contributed by atoms with Crippen molar-refractivity contribution in [1.29, 1.82) is 0 Å². The van der Waals surface area contributed by atoms with Gasteiger partial charge in [0, 0.05) is 19.3 Å². The van der Waals surface area contributed by atoms with Crippen LogP contribution in [0.1, 0.15) is 18.5 Å². The Labute approximate surface area is 187 Å². The summed E-state index contributed by atoms with van der Waals surface area (Å²) in [5.41, 5.74) is 2.68. The fourth-order valence-corrected chi connectivity index (χ4v) is 3.98. The van der Waals surface area contributed by atoms with Crippen LogP contribution < -0.4 is 16.0 Å². The number of aliphatic hydroxyl groups excluding tert-OH is 2. The second kappa shape index (κ2) is 9.02. The molecule has 33 heavy (non-hydrogen) atoms. The number of benzene rings is 1. The zero-order valence-electron chi connectivity index (χ0n) is 18.1. The molecule has 0 amide bonds. The van der Waals surface area contributed by atoms with Crippen LogP contribution >= 0.6 is 0 Å². The highest BCUT2D eigenvalue weighted by atomic mass is 19.4. The highest BCUT2D eigenvalue weighted by Crippen LogP contribution is 2.35. The van der Waals surface area contributed by atoms with E-state index in [0.29, 0.717) is 35.2 Å². The molecular formula is C21H25F3N6O3. The lowest BCUT2D eigenvalue weighted by atomic mass is 10.1. The zero-order valence-corrected chi connectivity index (χ0v) is 18.1. The van der Waals surface area contributed by atoms with Crippen molar-refractivity contribution in [3.63, 3.8) is 0 Å². The Morgan fingerprint density at radius 3 is 2.64 bits per heavy atom. The van der Waals surface area contributed by atoms with Gasteiger partial charge >= 0.3 is 6.18 Å². The number of anilines is 3. The second-order valence-corrected chi connectivity index (χ2v) is 8.11. The molecule has 4 rings (SSSR count). The molecule has 0 bridgehead atoms. The van der Waals surface area contributed by atoms with Gasteiger partial charge in [0.25, 0.3) is 0 Å². The molecule has 1 saturated carbocycles. The summed E-state index contributed by atoms with van der Waals surface area (Å²) in [6, 6.07) is 4.93. The molecule has 0 saturated heterocycles. The SMILES string of the molecule is CNc1ccc2oc(-c3c(C)nc(NCC(F)(F)F)nc3N[C@@H]3C[C@H](CO)C[C@H]3O)nc2c1. The summed E-state index contributed by atoms with van der Waals surface area (Å²) in [6.07, 6.45) is -4.31. The monoisotopic (exact) mass is 466 g/mol. The topological polar surface area (TPSA) is 128 Å². The fourth-order valence-electron chi connectivity index (χ4n) is 3.98. The third-order valence-corrected chi connectivity index (χ3v) is 5.63. The molecule has 1 aliphatic carbocycles. The number of oxazole rings is 1. The summed E-state index contributed by atoms with van der Waals surface area (Å²) >= 11 is 0. The van der Waals surface area contributed by atoms with Gasteiger partial charge < -0.3 is 30.6 Å². The molecule has 1 aromatic carbocycles. The lowest BCUT2D eigenvalue weighted by Gasteiger charge is -2.20. The number of rotatable bonds is 7. The molecule has 0 spiro atoms. The van der Waals surface area contributed by atoms with Crippen molar-refractivity contribution in [1.82, 2.24) is 15.0 Å². The number of nitrogens with one attached hydrogen (secondary N) is 3. The number of halogens is 3. The molecule has 0 radical (unpaired) electrons. The van der Waals surface area contributed by atoms with Gasteiger partial charge in [-0.25, -0.2) is 9.97 Å². The van der Waals surface area contributed by atoms with Gasteiger partial charge in [-0.3, -0.25) is 0 Å². The van der Waals surface area contributed by atoms with Gasteiger partial charge in [0.1, 0.15) is 23.4 Å². The summed E-state index contributed by atoms with van der Waals surface area (Å²) in [7, 11) is 1.78. The van der Waals surface area contributed by atoms with E-state index < -0.39 is 24.9 Å². The number of fused-ring (bicyclic) bond motifs is 1. The molecule has 9 nitrogen and oxygen atoms in total. The summed E-state index contributed by atoms with van der Waals surface area (Å²) in [4.78, 5) is 12.9. The molecule has 5 N–H and O–H groups in total. The lowest BCUT2D eigenvalue weighted by molar-refractivity contribution is -0.115. The minimum Gasteiger partial charge on any atom is -0.436 e. The minimum absolute atomic E-state index is 0.0672. The van der Waals surface area contributed by atoms with Crippen LogP contribution in [0.2, 0.25) is 0 Å². The Morgan fingerprint density at radius 2 is 1.97 bits per heavy atom. The standard InChI is InChI=1S/C21H25F3N6O3/c1-10-17(19-29-14-7-12(25-2)3-4-16(14)33-19)18(28-13-5-11(8-31)6-15(13)32)30-20(27-10)26-9-21(22,23)24/h3-4,7,11,13,15,25,31-32H,5-6,8-9H2,1-2H3,(H2,26,27,28,30)/t11-,13+,15+/m0/s1. The Morgan fingerprint density at radius 1 is 1.18 bits per heavy atom. The second-order valence-electron chi connectivity index (χ2n) is 8.11. The van der Waals surface area contributed by atoms with Crippen LogP contribution in [-0.4, -0.2) is 63.7 Å². The Hall–Kier alpha value is -3.12. The number of aliphatic hydroxyl groups is 2. The molecule has 0 aliphatic heterocycles. The molecule has 2 aromatic heterocycles. The largest absolute Gasteiger partial charge is 0.436 e. The zero-order chi connectivity index (χ0) is 23.8. The first-order valence-electron chi connectivity index (χ1n) is 10.5. The quantitative estimate of drug-likeness (QED) is 0.357. The molecule has 2 heterocycles. The number of hydrogen-bond acceptors (Lipinski definition) is 9. The molecule has 1 fully saturated rings. The first-order chi connectivity index (χ1) is 15.7. The fraction of sp³-hybridized carbons (Fsp3) is 0.476. The van der Waals surface area contributed by atoms with Crippen molar-refractivity contribution >= 4 is 28.6 Å². The molecule has 1 aliphatic rings. The van der Waals surface area contributed by atoms with Crippen LogP contribution in [-0.2, 0) is 0 Å². The summed E-state index contributed by atoms with van der Waals surface area (Å²) < 4.78 is 44.0. The minimum atomic E-state index is -4.44. The van der Waals surface area contributed by atoms with E-state index in [0.717, 1.165) is 5.69 Å². The maximum atomic E-state index is 12.7. The van der Waals surface area contributed by atoms with E-state index in [4.69, 9.17) is 4.42 Å². The van der Waals surface area contributed by atoms with Gasteiger partial charge in [0.05, 0.1) is 17.8 Å². The molecule has 3 atom stereocenters. The van der Waals surface area contributed by atoms with Crippen molar-refractivity contribution in [2.75, 3.05) is 36.1 Å². The first-order valence-corrected chi connectivity index (χ1v) is 10.5. The van der Waals surface area contributed by atoms with Crippen LogP contribution in [0.15, 0.2) is 22.6 Å². The van der Waals surface area contributed by atoms with Crippen LogP contribution in [0.3, 0.4) is 0 Å². The van der Waals surface area contributed by atoms with Crippen LogP contribution in [0, 0.1) is 12.8 Å². The van der Waals surface area contributed by atoms with Gasteiger partial charge in [0.2, 0.25) is 11.8 Å². The highest BCUT2D eigenvalue weighted by Gasteiger charge is 2.34. The Bertz CT molecular complexity index is 1140. The Balaban J connectivity index is 1.74. The number of nitrogens with zero attached hydrogens (tertiary/aromatic N) is 3. The molecule has 178 valence electrons. The van der Waals surface area contributed by atoms with Crippen LogP contribution in [0.25, 0.3) is 22.6 Å². The summed E-state index contributed by atoms with van der Waals surface area (Å²) in [5.74, 6) is 0.0916. The molecular weight excluding hydrogens is 441 g/mol. The summed E-state index contributed by atoms with van der Waals surface area (Å²) in [6.45, 7) is 0.262. The maximum Gasteiger partial charge on any atom is 0.405 e. The average molecular weight is 466 g/mol. The third-order valence-electron chi connectivity index (χ3n) is 5.63. The predicted molar refractivity (Wildman–Crippen MR) is 117 cm³/mol. The van der Waals surface area contributed by atoms with E-state index in [1.807, 2.05) is 6.07 Å². The number of alkyl halides is 3. The van der Waals surface area contributed by atoms with Crippen molar-refractivity contribution in [2.24, 2.45) is 5.92 Å². The van der Waals surface area contributed by atoms with Crippen LogP contribution in [0.4, 0.5) is 30.6 Å². The van der Waals surface area contributed by atoms with Gasteiger partial charge in [-0.1, -0.05) is 0 Å². The van der Waals surface area contributed by atoms with Crippen molar-refractivity contribution < 1.29 is 27.8 Å². The highest BCUT2D eigenvalue weighted by molar-refractivity contribution is 5.82. The predicted octanol–water partition coefficient (Wildman–Crippen LogP) is 3.15. The first kappa shape index (κ1) is 23.1. The van der Waals surface area contributed by atoms with E-state index in [-0.39, 0.29) is 30.2 Å². The number of aromatic nitrogens is 3. The van der Waals surface area contributed by atoms with E-state index in [1.54, 1.807) is 26.1 Å². The lowest BCUT2D eigenvalue weighted by Crippen LogP contribution is -2.29. The summed E-state index contributed by atoms with van der Waals surface area (Å²) in [5, 5.41) is 28.2. The van der Waals surface area contributed by atoms with Gasteiger partial charge in [-0.2, -0.15) is 18.2 Å². The maximum absolute atomic E-state index is 12.7. The van der Waals surface area contributed by atoms with Gasteiger partial charge in [-0.05, 0) is 43.9 Å². The van der Waals surface area contributed by atoms with E-state index >= 15 is 0 Å². The number of hydrogen-bond donors (Lipinski definition) is 5. The van der Waals surface area contributed by atoms with Crippen molar-refractivity contribution in [3.8, 4) is 11.5 Å².